The molecule has 14 heavy (non-hydrogen) atoms. The molecule has 0 bridgehead atoms. The molecule has 0 saturated heterocycles. The van der Waals surface area contributed by atoms with Gasteiger partial charge in [0.1, 0.15) is 0 Å². The Balaban J connectivity index is 3.44. The van der Waals surface area contributed by atoms with E-state index < -0.39 is 16.6 Å². The van der Waals surface area contributed by atoms with Crippen molar-refractivity contribution in [3.05, 3.63) is 11.8 Å². The predicted molar refractivity (Wildman–Crippen MR) is 67.2 cm³/mol. The van der Waals surface area contributed by atoms with Crippen LogP contribution in [-0.2, 0) is 0 Å². The zero-order valence-electron chi connectivity index (χ0n) is 9.88. The summed E-state index contributed by atoms with van der Waals surface area (Å²) >= 11 is 0. The van der Waals surface area contributed by atoms with Crippen LogP contribution < -0.4 is 0 Å². The first-order valence-corrected chi connectivity index (χ1v) is 11.5. The van der Waals surface area contributed by atoms with Crippen molar-refractivity contribution >= 4 is 16.6 Å². The molecule has 0 spiro atoms. The maximum Gasteiger partial charge on any atom is 0.206 e. The van der Waals surface area contributed by atoms with Crippen molar-refractivity contribution in [1.29, 1.82) is 0 Å². The van der Waals surface area contributed by atoms with Crippen molar-refractivity contribution in [1.82, 2.24) is 0 Å². The molecule has 0 rings (SSSR count). The van der Waals surface area contributed by atoms with Crippen LogP contribution in [0.5, 0.6) is 0 Å². The minimum absolute atomic E-state index is 0.987. The molecule has 0 aliphatic rings. The number of hydrogen-bond donors (Lipinski definition) is 2. The molecule has 2 N–H and O–H groups in total. The normalized spacial score (nSPS) is 13.9. The highest BCUT2D eigenvalue weighted by molar-refractivity contribution is 6.74. The second-order valence-corrected chi connectivity index (χ2v) is 12.9. The van der Waals surface area contributed by atoms with Gasteiger partial charge in [0.05, 0.1) is 0 Å². The minimum atomic E-state index is -1.98. The average Bonchev–Trinajstić information content (AvgIpc) is 1.92. The largest absolute Gasteiger partial charge is 0.432 e. The van der Waals surface area contributed by atoms with Crippen molar-refractivity contribution in [2.24, 2.45) is 0 Å². The third kappa shape index (κ3) is 12.1. The molecule has 2 nitrogen and oxygen atoms in total. The summed E-state index contributed by atoms with van der Waals surface area (Å²) in [5.41, 5.74) is 1.97. The molecular weight excluding hydrogens is 208 g/mol. The standard InChI is InChI=1S/C10H24O2Si2/c1-13(2,11)9-7-5-6-8-10-14(3,4)12/h7,9,11-12H,5-6,8,10H2,1-4H3/b9-7+. The lowest BCUT2D eigenvalue weighted by atomic mass is 10.2. The summed E-state index contributed by atoms with van der Waals surface area (Å²) in [6, 6.07) is 0.987. The van der Waals surface area contributed by atoms with E-state index in [-0.39, 0.29) is 0 Å². The van der Waals surface area contributed by atoms with Gasteiger partial charge in [0.15, 0.2) is 8.32 Å². The summed E-state index contributed by atoms with van der Waals surface area (Å²) in [4.78, 5) is 19.1. The van der Waals surface area contributed by atoms with E-state index >= 15 is 0 Å². The van der Waals surface area contributed by atoms with E-state index in [9.17, 15) is 9.59 Å². The Morgan fingerprint density at radius 1 is 1.00 bits per heavy atom. The number of allylic oxidation sites excluding steroid dienone is 1. The zero-order valence-corrected chi connectivity index (χ0v) is 11.9. The van der Waals surface area contributed by atoms with E-state index in [0.717, 1.165) is 25.3 Å². The van der Waals surface area contributed by atoms with Gasteiger partial charge in [0, 0.05) is 0 Å². The molecule has 84 valence electrons. The van der Waals surface area contributed by atoms with Crippen LogP contribution in [0.3, 0.4) is 0 Å². The van der Waals surface area contributed by atoms with Gasteiger partial charge in [-0.05, 0) is 38.7 Å². The van der Waals surface area contributed by atoms with Crippen molar-refractivity contribution in [3.8, 4) is 0 Å². The topological polar surface area (TPSA) is 40.5 Å². The Labute approximate surface area is 89.9 Å². The molecule has 0 aromatic rings. The Morgan fingerprint density at radius 3 is 2.00 bits per heavy atom. The SMILES string of the molecule is C[Si](C)(O)/C=C/CCCC[Si](C)(C)O. The summed E-state index contributed by atoms with van der Waals surface area (Å²) in [5.74, 6) is 0. The van der Waals surface area contributed by atoms with Crippen LogP contribution in [0.15, 0.2) is 11.8 Å². The van der Waals surface area contributed by atoms with Crippen LogP contribution in [-0.4, -0.2) is 26.2 Å². The fourth-order valence-electron chi connectivity index (χ4n) is 1.19. The van der Waals surface area contributed by atoms with Crippen molar-refractivity contribution in [2.45, 2.75) is 51.5 Å². The first-order chi connectivity index (χ1) is 6.21. The van der Waals surface area contributed by atoms with Crippen LogP contribution in [0.25, 0.3) is 0 Å². The Morgan fingerprint density at radius 2 is 1.57 bits per heavy atom. The van der Waals surface area contributed by atoms with Crippen molar-refractivity contribution in [2.75, 3.05) is 0 Å². The fourth-order valence-corrected chi connectivity index (χ4v) is 3.05. The van der Waals surface area contributed by atoms with Gasteiger partial charge >= 0.3 is 0 Å². The minimum Gasteiger partial charge on any atom is -0.432 e. The van der Waals surface area contributed by atoms with E-state index in [4.69, 9.17) is 0 Å². The highest BCUT2D eigenvalue weighted by Crippen LogP contribution is 2.11. The Kier molecular flexibility index (Phi) is 5.89. The molecule has 0 saturated carbocycles. The van der Waals surface area contributed by atoms with Crippen LogP contribution in [0, 0.1) is 0 Å². The van der Waals surface area contributed by atoms with E-state index in [0.29, 0.717) is 0 Å². The number of unbranched alkanes of at least 4 members (excludes halogenated alkanes) is 2. The van der Waals surface area contributed by atoms with E-state index in [1.807, 2.05) is 31.9 Å². The monoisotopic (exact) mass is 232 g/mol. The number of rotatable bonds is 6. The van der Waals surface area contributed by atoms with Crippen LogP contribution in [0.4, 0.5) is 0 Å². The van der Waals surface area contributed by atoms with Crippen LogP contribution in [0.1, 0.15) is 19.3 Å². The van der Waals surface area contributed by atoms with Crippen LogP contribution >= 0.6 is 0 Å². The first kappa shape index (κ1) is 14.1. The van der Waals surface area contributed by atoms with Gasteiger partial charge in [-0.1, -0.05) is 24.6 Å². The van der Waals surface area contributed by atoms with Gasteiger partial charge in [-0.2, -0.15) is 0 Å². The summed E-state index contributed by atoms with van der Waals surface area (Å²) in [5, 5.41) is 0. The molecule has 0 heterocycles. The third-order valence-electron chi connectivity index (χ3n) is 1.94. The predicted octanol–water partition coefficient (Wildman–Crippen LogP) is 2.65. The molecular formula is C10H24O2Si2. The van der Waals surface area contributed by atoms with Gasteiger partial charge in [0.25, 0.3) is 0 Å². The molecule has 0 radical (unpaired) electrons. The molecule has 0 amide bonds. The molecule has 0 aromatic heterocycles. The zero-order chi connectivity index (χ0) is 11.2. The fraction of sp³-hybridized carbons (Fsp3) is 0.800. The third-order valence-corrected chi connectivity index (χ3v) is 4.56. The highest BCUT2D eigenvalue weighted by atomic mass is 28.4. The van der Waals surface area contributed by atoms with E-state index in [1.54, 1.807) is 0 Å². The van der Waals surface area contributed by atoms with Gasteiger partial charge in [-0.3, -0.25) is 0 Å². The summed E-state index contributed by atoms with van der Waals surface area (Å²) < 4.78 is 0. The Bertz CT molecular complexity index is 178. The molecule has 0 atom stereocenters. The summed E-state index contributed by atoms with van der Waals surface area (Å²) in [6.45, 7) is 7.78. The average molecular weight is 232 g/mol. The van der Waals surface area contributed by atoms with Gasteiger partial charge in [-0.25, -0.2) is 0 Å². The van der Waals surface area contributed by atoms with E-state index in [2.05, 4.69) is 6.08 Å². The first-order valence-electron chi connectivity index (χ1n) is 5.33. The van der Waals surface area contributed by atoms with E-state index in [1.165, 1.54) is 0 Å². The molecule has 0 unspecified atom stereocenters. The lowest BCUT2D eigenvalue weighted by Gasteiger charge is -2.12. The molecule has 0 aliphatic heterocycles. The second-order valence-electron chi connectivity index (χ2n) is 5.11. The molecule has 0 fully saturated rings. The smallest absolute Gasteiger partial charge is 0.206 e. The van der Waals surface area contributed by atoms with Gasteiger partial charge in [-0.15, -0.1) is 0 Å². The highest BCUT2D eigenvalue weighted by Gasteiger charge is 2.15. The molecule has 0 aromatic carbocycles. The van der Waals surface area contributed by atoms with Gasteiger partial charge in [0.2, 0.25) is 8.32 Å². The maximum atomic E-state index is 9.59. The molecule has 0 aliphatic carbocycles. The lowest BCUT2D eigenvalue weighted by Crippen LogP contribution is -2.24. The molecule has 4 heteroatoms. The second kappa shape index (κ2) is 5.85. The van der Waals surface area contributed by atoms with Crippen molar-refractivity contribution in [3.63, 3.8) is 0 Å². The maximum absolute atomic E-state index is 9.59. The summed E-state index contributed by atoms with van der Waals surface area (Å²) in [7, 11) is -3.79. The lowest BCUT2D eigenvalue weighted by molar-refractivity contribution is 0.541. The number of hydrogen-bond acceptors (Lipinski definition) is 2. The van der Waals surface area contributed by atoms with Gasteiger partial charge < -0.3 is 9.59 Å². The Hall–Kier alpha value is 0.0938. The van der Waals surface area contributed by atoms with Crippen LogP contribution in [0.2, 0.25) is 32.2 Å². The summed E-state index contributed by atoms with van der Waals surface area (Å²) in [6.07, 6.45) is 5.34. The van der Waals surface area contributed by atoms with Crippen molar-refractivity contribution < 1.29 is 9.59 Å². The quantitative estimate of drug-likeness (QED) is 0.546.